The Morgan fingerprint density at radius 1 is 1.03 bits per heavy atom. The van der Waals surface area contributed by atoms with E-state index in [2.05, 4.69) is 4.99 Å². The van der Waals surface area contributed by atoms with Crippen LogP contribution in [0.3, 0.4) is 0 Å². The molecule has 0 aliphatic rings. The number of ether oxygens (including phenoxy) is 3. The number of carbonyl (C=O) groups excluding carboxylic acids is 1. The number of rotatable bonds is 7. The number of benzene rings is 3. The van der Waals surface area contributed by atoms with Crippen LogP contribution in [0.2, 0.25) is 0 Å². The Hall–Kier alpha value is -3.80. The summed E-state index contributed by atoms with van der Waals surface area (Å²) >= 11 is 0. The summed E-state index contributed by atoms with van der Waals surface area (Å²) in [4.78, 5) is 16.6. The van der Waals surface area contributed by atoms with Crippen LogP contribution in [0.5, 0.6) is 23.0 Å². The van der Waals surface area contributed by atoms with Gasteiger partial charge < -0.3 is 19.3 Å². The number of hydrogen-bond donors (Lipinski definition) is 1. The van der Waals surface area contributed by atoms with E-state index < -0.39 is 5.97 Å². The average molecular weight is 391 g/mol. The number of phenols is 1. The summed E-state index contributed by atoms with van der Waals surface area (Å²) in [6, 6.07) is 18.5. The molecule has 0 unspecified atom stereocenters. The van der Waals surface area contributed by atoms with Gasteiger partial charge >= 0.3 is 5.97 Å². The standard InChI is InChI=1S/C23H21NO5/c1-3-28-18-11-8-16(9-12-18)23(26)29-19-13-10-17(21(25)14-19)15-24-20-6-4-5-7-22(20)27-2/h4-15,25H,3H2,1-2H3. The van der Waals surface area contributed by atoms with E-state index in [-0.39, 0.29) is 11.5 Å². The minimum Gasteiger partial charge on any atom is -0.507 e. The van der Waals surface area contributed by atoms with Crippen LogP contribution in [0, 0.1) is 0 Å². The van der Waals surface area contributed by atoms with Gasteiger partial charge in [-0.15, -0.1) is 0 Å². The Kier molecular flexibility index (Phi) is 6.47. The van der Waals surface area contributed by atoms with Gasteiger partial charge in [-0.25, -0.2) is 4.79 Å². The fraction of sp³-hybridized carbons (Fsp3) is 0.130. The summed E-state index contributed by atoms with van der Waals surface area (Å²) in [7, 11) is 1.57. The summed E-state index contributed by atoms with van der Waals surface area (Å²) in [5, 5.41) is 10.2. The quantitative estimate of drug-likeness (QED) is 0.357. The van der Waals surface area contributed by atoms with Crippen molar-refractivity contribution in [1.82, 2.24) is 0 Å². The molecule has 0 bridgehead atoms. The van der Waals surface area contributed by atoms with Crippen LogP contribution >= 0.6 is 0 Å². The molecule has 1 N–H and O–H groups in total. The highest BCUT2D eigenvalue weighted by molar-refractivity contribution is 5.91. The lowest BCUT2D eigenvalue weighted by atomic mass is 10.2. The summed E-state index contributed by atoms with van der Waals surface area (Å²) in [6.07, 6.45) is 1.52. The number of aromatic hydroxyl groups is 1. The molecule has 0 radical (unpaired) electrons. The lowest BCUT2D eigenvalue weighted by Gasteiger charge is -2.07. The van der Waals surface area contributed by atoms with Gasteiger partial charge in [0.2, 0.25) is 0 Å². The number of hydrogen-bond acceptors (Lipinski definition) is 6. The molecule has 0 aliphatic carbocycles. The molecule has 0 aliphatic heterocycles. The number of esters is 1. The summed E-state index contributed by atoms with van der Waals surface area (Å²) in [5.74, 6) is 0.962. The zero-order chi connectivity index (χ0) is 20.6. The van der Waals surface area contributed by atoms with Gasteiger partial charge in [-0.3, -0.25) is 4.99 Å². The second-order valence-corrected chi connectivity index (χ2v) is 6.00. The zero-order valence-electron chi connectivity index (χ0n) is 16.2. The van der Waals surface area contributed by atoms with Crippen LogP contribution < -0.4 is 14.2 Å². The first-order chi connectivity index (χ1) is 14.1. The zero-order valence-corrected chi connectivity index (χ0v) is 16.2. The van der Waals surface area contributed by atoms with Gasteiger partial charge in [0.25, 0.3) is 0 Å². The van der Waals surface area contributed by atoms with Crippen molar-refractivity contribution in [3.05, 3.63) is 77.9 Å². The molecule has 3 aromatic carbocycles. The average Bonchev–Trinajstić information content (AvgIpc) is 2.74. The fourth-order valence-corrected chi connectivity index (χ4v) is 2.59. The molecular formula is C23H21NO5. The first-order valence-corrected chi connectivity index (χ1v) is 9.06. The minimum absolute atomic E-state index is 0.0550. The van der Waals surface area contributed by atoms with Gasteiger partial charge in [-0.05, 0) is 55.5 Å². The summed E-state index contributed by atoms with van der Waals surface area (Å²) in [6.45, 7) is 2.44. The predicted octanol–water partition coefficient (Wildman–Crippen LogP) is 4.77. The fourth-order valence-electron chi connectivity index (χ4n) is 2.59. The number of carbonyl (C=O) groups is 1. The van der Waals surface area contributed by atoms with E-state index >= 15 is 0 Å². The highest BCUT2D eigenvalue weighted by atomic mass is 16.5. The van der Waals surface area contributed by atoms with E-state index in [0.717, 1.165) is 0 Å². The van der Waals surface area contributed by atoms with Crippen molar-refractivity contribution < 1.29 is 24.1 Å². The van der Waals surface area contributed by atoms with Crippen LogP contribution in [0.25, 0.3) is 0 Å². The summed E-state index contributed by atoms with van der Waals surface area (Å²) < 4.78 is 15.9. The molecule has 0 amide bonds. The van der Waals surface area contributed by atoms with Gasteiger partial charge in [-0.2, -0.15) is 0 Å². The number of nitrogens with zero attached hydrogens (tertiary/aromatic N) is 1. The molecule has 6 heteroatoms. The van der Waals surface area contributed by atoms with Crippen molar-refractivity contribution in [2.75, 3.05) is 13.7 Å². The van der Waals surface area contributed by atoms with E-state index in [1.165, 1.54) is 12.3 Å². The molecule has 0 atom stereocenters. The minimum atomic E-state index is -0.525. The maximum absolute atomic E-state index is 12.3. The molecule has 0 spiro atoms. The lowest BCUT2D eigenvalue weighted by Crippen LogP contribution is -2.08. The van der Waals surface area contributed by atoms with Crippen LogP contribution in [0.15, 0.2) is 71.7 Å². The Balaban J connectivity index is 1.70. The Labute approximate surface area is 169 Å². The molecule has 0 aromatic heterocycles. The number of phenolic OH excluding ortho intramolecular Hbond substituents is 1. The van der Waals surface area contributed by atoms with Crippen LogP contribution in [0.4, 0.5) is 5.69 Å². The first kappa shape index (κ1) is 19.9. The molecule has 3 rings (SSSR count). The van der Waals surface area contributed by atoms with E-state index in [1.807, 2.05) is 19.1 Å². The van der Waals surface area contributed by atoms with E-state index in [9.17, 15) is 9.90 Å². The smallest absolute Gasteiger partial charge is 0.343 e. The van der Waals surface area contributed by atoms with E-state index in [4.69, 9.17) is 14.2 Å². The monoisotopic (exact) mass is 391 g/mol. The van der Waals surface area contributed by atoms with Crippen molar-refractivity contribution in [3.63, 3.8) is 0 Å². The molecule has 6 nitrogen and oxygen atoms in total. The maximum atomic E-state index is 12.3. The highest BCUT2D eigenvalue weighted by Gasteiger charge is 2.10. The van der Waals surface area contributed by atoms with Crippen molar-refractivity contribution in [2.45, 2.75) is 6.92 Å². The maximum Gasteiger partial charge on any atom is 0.343 e. The third kappa shape index (κ3) is 5.13. The van der Waals surface area contributed by atoms with Gasteiger partial charge in [0.05, 0.1) is 19.3 Å². The molecule has 3 aromatic rings. The second kappa shape index (κ2) is 9.41. The predicted molar refractivity (Wildman–Crippen MR) is 111 cm³/mol. The van der Waals surface area contributed by atoms with Gasteiger partial charge in [-0.1, -0.05) is 12.1 Å². The molecule has 0 saturated heterocycles. The molecule has 0 fully saturated rings. The molecule has 29 heavy (non-hydrogen) atoms. The third-order valence-electron chi connectivity index (χ3n) is 4.04. The number of aliphatic imine (C=N–C) groups is 1. The third-order valence-corrected chi connectivity index (χ3v) is 4.04. The normalized spacial score (nSPS) is 10.7. The van der Waals surface area contributed by atoms with Crippen LogP contribution in [-0.4, -0.2) is 31.0 Å². The van der Waals surface area contributed by atoms with E-state index in [1.54, 1.807) is 55.6 Å². The second-order valence-electron chi connectivity index (χ2n) is 6.00. The molecule has 0 saturated carbocycles. The Bertz CT molecular complexity index is 1010. The SMILES string of the molecule is CCOc1ccc(C(=O)Oc2ccc(C=Nc3ccccc3OC)c(O)c2)cc1. The molecular weight excluding hydrogens is 370 g/mol. The van der Waals surface area contributed by atoms with Crippen LogP contribution in [0.1, 0.15) is 22.8 Å². The molecule has 0 heterocycles. The largest absolute Gasteiger partial charge is 0.507 e. The van der Waals surface area contributed by atoms with Crippen LogP contribution in [-0.2, 0) is 0 Å². The van der Waals surface area contributed by atoms with Crippen molar-refractivity contribution in [2.24, 2.45) is 4.99 Å². The number of para-hydroxylation sites is 2. The topological polar surface area (TPSA) is 77.4 Å². The summed E-state index contributed by atoms with van der Waals surface area (Å²) in [5.41, 5.74) is 1.51. The van der Waals surface area contributed by atoms with Crippen molar-refractivity contribution in [1.29, 1.82) is 0 Å². The number of methoxy groups -OCH3 is 1. The Morgan fingerprint density at radius 2 is 1.76 bits per heavy atom. The van der Waals surface area contributed by atoms with Gasteiger partial charge in [0.1, 0.15) is 28.7 Å². The van der Waals surface area contributed by atoms with Crippen molar-refractivity contribution >= 4 is 17.9 Å². The van der Waals surface area contributed by atoms with Gasteiger partial charge in [0.15, 0.2) is 0 Å². The lowest BCUT2D eigenvalue weighted by molar-refractivity contribution is 0.0734. The highest BCUT2D eigenvalue weighted by Crippen LogP contribution is 2.28. The van der Waals surface area contributed by atoms with Gasteiger partial charge in [0, 0.05) is 17.8 Å². The molecule has 148 valence electrons. The van der Waals surface area contributed by atoms with Crippen molar-refractivity contribution in [3.8, 4) is 23.0 Å². The van der Waals surface area contributed by atoms with E-state index in [0.29, 0.717) is 34.9 Å². The Morgan fingerprint density at radius 3 is 2.45 bits per heavy atom. The first-order valence-electron chi connectivity index (χ1n) is 9.06.